The van der Waals surface area contributed by atoms with Crippen LogP contribution in [0, 0.1) is 0 Å². The third-order valence-corrected chi connectivity index (χ3v) is 2.79. The standard InChI is InChI=1S/C13H24N4/c1-3-5-8-11(7-4-2)15-12-9-6-10-13(16-12)17-14/h6,9-11H,3-5,7-8,14H2,1-2H3,(H2,15,16,17). The topological polar surface area (TPSA) is 63.0 Å². The molecule has 4 nitrogen and oxygen atoms in total. The van der Waals surface area contributed by atoms with Crippen molar-refractivity contribution in [1.82, 2.24) is 4.98 Å². The Kier molecular flexibility index (Phi) is 6.40. The highest BCUT2D eigenvalue weighted by atomic mass is 15.3. The average molecular weight is 236 g/mol. The minimum atomic E-state index is 0.514. The lowest BCUT2D eigenvalue weighted by Gasteiger charge is -2.18. The third-order valence-electron chi connectivity index (χ3n) is 2.79. The van der Waals surface area contributed by atoms with Gasteiger partial charge in [0.1, 0.15) is 11.6 Å². The monoisotopic (exact) mass is 236 g/mol. The summed E-state index contributed by atoms with van der Waals surface area (Å²) < 4.78 is 0. The summed E-state index contributed by atoms with van der Waals surface area (Å²) in [5, 5.41) is 3.48. The summed E-state index contributed by atoms with van der Waals surface area (Å²) in [7, 11) is 0. The fourth-order valence-electron chi connectivity index (χ4n) is 1.89. The van der Waals surface area contributed by atoms with Crippen LogP contribution in [0.1, 0.15) is 46.0 Å². The van der Waals surface area contributed by atoms with Gasteiger partial charge in [0, 0.05) is 6.04 Å². The van der Waals surface area contributed by atoms with E-state index >= 15 is 0 Å². The number of hydrazine groups is 1. The van der Waals surface area contributed by atoms with Crippen LogP contribution in [0.5, 0.6) is 0 Å². The SMILES string of the molecule is CCCCC(CCC)Nc1cccc(NN)n1. The highest BCUT2D eigenvalue weighted by Crippen LogP contribution is 2.14. The summed E-state index contributed by atoms with van der Waals surface area (Å²) >= 11 is 0. The van der Waals surface area contributed by atoms with E-state index in [1.54, 1.807) is 0 Å². The number of nitrogens with zero attached hydrogens (tertiary/aromatic N) is 1. The molecule has 4 heteroatoms. The van der Waals surface area contributed by atoms with E-state index in [1.165, 1.54) is 32.1 Å². The average Bonchev–Trinajstić information content (AvgIpc) is 2.36. The summed E-state index contributed by atoms with van der Waals surface area (Å²) in [6.45, 7) is 4.44. The molecule has 1 rings (SSSR count). The van der Waals surface area contributed by atoms with Gasteiger partial charge < -0.3 is 10.7 Å². The maximum Gasteiger partial charge on any atom is 0.142 e. The van der Waals surface area contributed by atoms with Gasteiger partial charge in [-0.25, -0.2) is 10.8 Å². The van der Waals surface area contributed by atoms with Gasteiger partial charge >= 0.3 is 0 Å². The van der Waals surface area contributed by atoms with Crippen molar-refractivity contribution in [2.75, 3.05) is 10.7 Å². The maximum atomic E-state index is 5.35. The van der Waals surface area contributed by atoms with Crippen molar-refractivity contribution >= 4 is 11.6 Å². The van der Waals surface area contributed by atoms with Crippen LogP contribution in [-0.2, 0) is 0 Å². The maximum absolute atomic E-state index is 5.35. The van der Waals surface area contributed by atoms with Crippen LogP contribution in [0.15, 0.2) is 18.2 Å². The number of rotatable bonds is 8. The predicted octanol–water partition coefficient (Wildman–Crippen LogP) is 3.14. The van der Waals surface area contributed by atoms with E-state index in [2.05, 4.69) is 29.6 Å². The van der Waals surface area contributed by atoms with Crippen molar-refractivity contribution in [3.05, 3.63) is 18.2 Å². The molecule has 1 heterocycles. The fraction of sp³-hybridized carbons (Fsp3) is 0.615. The summed E-state index contributed by atoms with van der Waals surface area (Å²) in [4.78, 5) is 4.37. The molecule has 1 aromatic rings. The first-order valence-electron chi connectivity index (χ1n) is 6.50. The highest BCUT2D eigenvalue weighted by molar-refractivity contribution is 5.44. The second kappa shape index (κ2) is 7.90. The molecule has 0 radical (unpaired) electrons. The molecule has 0 saturated carbocycles. The summed E-state index contributed by atoms with van der Waals surface area (Å²) in [5.74, 6) is 6.94. The number of nitrogens with one attached hydrogen (secondary N) is 2. The van der Waals surface area contributed by atoms with Gasteiger partial charge in [-0.1, -0.05) is 39.2 Å². The van der Waals surface area contributed by atoms with Crippen LogP contribution < -0.4 is 16.6 Å². The molecular formula is C13H24N4. The predicted molar refractivity (Wildman–Crippen MR) is 73.9 cm³/mol. The molecule has 4 N–H and O–H groups in total. The molecular weight excluding hydrogens is 212 g/mol. The second-order valence-electron chi connectivity index (χ2n) is 4.32. The Morgan fingerprint density at radius 1 is 1.18 bits per heavy atom. The van der Waals surface area contributed by atoms with Crippen LogP contribution in [0.4, 0.5) is 11.6 Å². The largest absolute Gasteiger partial charge is 0.367 e. The summed E-state index contributed by atoms with van der Waals surface area (Å²) in [5.41, 5.74) is 2.56. The molecule has 1 unspecified atom stereocenters. The lowest BCUT2D eigenvalue weighted by atomic mass is 10.1. The number of unbranched alkanes of at least 4 members (excludes halogenated alkanes) is 1. The van der Waals surface area contributed by atoms with Crippen molar-refractivity contribution in [3.63, 3.8) is 0 Å². The molecule has 0 spiro atoms. The Labute approximate surface area is 104 Å². The van der Waals surface area contributed by atoms with Crippen LogP contribution in [0.2, 0.25) is 0 Å². The molecule has 0 aliphatic heterocycles. The molecule has 0 amide bonds. The van der Waals surface area contributed by atoms with E-state index in [9.17, 15) is 0 Å². The summed E-state index contributed by atoms with van der Waals surface area (Å²) in [6, 6.07) is 6.30. The number of hydrogen-bond donors (Lipinski definition) is 3. The van der Waals surface area contributed by atoms with Crippen molar-refractivity contribution in [2.24, 2.45) is 5.84 Å². The first kappa shape index (κ1) is 13.8. The number of hydrogen-bond acceptors (Lipinski definition) is 4. The zero-order valence-electron chi connectivity index (χ0n) is 10.9. The van der Waals surface area contributed by atoms with Crippen LogP contribution in [0.25, 0.3) is 0 Å². The highest BCUT2D eigenvalue weighted by Gasteiger charge is 2.07. The Bertz CT molecular complexity index is 314. The van der Waals surface area contributed by atoms with Crippen LogP contribution in [-0.4, -0.2) is 11.0 Å². The Balaban J connectivity index is 2.57. The lowest BCUT2D eigenvalue weighted by Crippen LogP contribution is -2.20. The van der Waals surface area contributed by atoms with E-state index in [0.29, 0.717) is 11.9 Å². The Morgan fingerprint density at radius 3 is 2.59 bits per heavy atom. The van der Waals surface area contributed by atoms with Gasteiger partial charge in [-0.3, -0.25) is 0 Å². The van der Waals surface area contributed by atoms with Crippen molar-refractivity contribution in [1.29, 1.82) is 0 Å². The quantitative estimate of drug-likeness (QED) is 0.479. The van der Waals surface area contributed by atoms with Crippen molar-refractivity contribution in [3.8, 4) is 0 Å². The fourth-order valence-corrected chi connectivity index (χ4v) is 1.89. The van der Waals surface area contributed by atoms with Gasteiger partial charge in [-0.2, -0.15) is 0 Å². The van der Waals surface area contributed by atoms with Gasteiger partial charge in [0.15, 0.2) is 0 Å². The second-order valence-corrected chi connectivity index (χ2v) is 4.32. The summed E-state index contributed by atoms with van der Waals surface area (Å²) in [6.07, 6.45) is 6.07. The number of aromatic nitrogens is 1. The van der Waals surface area contributed by atoms with Gasteiger partial charge in [0.2, 0.25) is 0 Å². The molecule has 0 bridgehead atoms. The van der Waals surface area contributed by atoms with E-state index in [-0.39, 0.29) is 0 Å². The molecule has 0 saturated heterocycles. The van der Waals surface area contributed by atoms with Gasteiger partial charge in [0.05, 0.1) is 0 Å². The number of anilines is 2. The third kappa shape index (κ3) is 5.04. The number of nitrogen functional groups attached to an aromatic ring is 1. The van der Waals surface area contributed by atoms with E-state index < -0.39 is 0 Å². The first-order valence-corrected chi connectivity index (χ1v) is 6.50. The normalized spacial score (nSPS) is 12.2. The van der Waals surface area contributed by atoms with Crippen molar-refractivity contribution in [2.45, 2.75) is 52.0 Å². The molecule has 96 valence electrons. The Morgan fingerprint density at radius 2 is 1.94 bits per heavy atom. The smallest absolute Gasteiger partial charge is 0.142 e. The van der Waals surface area contributed by atoms with Crippen molar-refractivity contribution < 1.29 is 0 Å². The van der Waals surface area contributed by atoms with E-state index in [4.69, 9.17) is 5.84 Å². The molecule has 1 atom stereocenters. The molecule has 17 heavy (non-hydrogen) atoms. The van der Waals surface area contributed by atoms with E-state index in [0.717, 1.165) is 5.82 Å². The number of pyridine rings is 1. The lowest BCUT2D eigenvalue weighted by molar-refractivity contribution is 0.563. The first-order chi connectivity index (χ1) is 8.30. The van der Waals surface area contributed by atoms with Gasteiger partial charge in [-0.15, -0.1) is 0 Å². The van der Waals surface area contributed by atoms with Gasteiger partial charge in [0.25, 0.3) is 0 Å². The van der Waals surface area contributed by atoms with Gasteiger partial charge in [-0.05, 0) is 25.0 Å². The minimum absolute atomic E-state index is 0.514. The minimum Gasteiger partial charge on any atom is -0.367 e. The molecule has 0 aliphatic rings. The molecule has 0 fully saturated rings. The van der Waals surface area contributed by atoms with Crippen LogP contribution >= 0.6 is 0 Å². The molecule has 1 aromatic heterocycles. The zero-order chi connectivity index (χ0) is 12.5. The molecule has 0 aromatic carbocycles. The Hall–Kier alpha value is -1.29. The molecule has 0 aliphatic carbocycles. The number of nitrogens with two attached hydrogens (primary N) is 1. The zero-order valence-corrected chi connectivity index (χ0v) is 10.9. The van der Waals surface area contributed by atoms with Crippen LogP contribution in [0.3, 0.4) is 0 Å². The van der Waals surface area contributed by atoms with E-state index in [1.807, 2.05) is 18.2 Å².